The number of aromatic nitrogens is 2. The van der Waals surface area contributed by atoms with Crippen molar-refractivity contribution in [3.8, 4) is 5.75 Å². The maximum Gasteiger partial charge on any atom is 0.190 e. The Morgan fingerprint density at radius 2 is 1.96 bits per heavy atom. The van der Waals surface area contributed by atoms with Crippen molar-refractivity contribution in [1.29, 1.82) is 0 Å². The molecular weight excluding hydrogens is 356 g/mol. The van der Waals surface area contributed by atoms with Gasteiger partial charge in [0.1, 0.15) is 23.4 Å². The van der Waals surface area contributed by atoms with Crippen molar-refractivity contribution in [3.05, 3.63) is 48.0 Å². The van der Waals surface area contributed by atoms with Gasteiger partial charge in [-0.3, -0.25) is 5.43 Å². The topological polar surface area (TPSA) is 75.0 Å². The molecule has 0 radical (unpaired) electrons. The van der Waals surface area contributed by atoms with Gasteiger partial charge in [0.25, 0.3) is 0 Å². The van der Waals surface area contributed by atoms with Crippen molar-refractivity contribution in [2.45, 2.75) is 10.2 Å². The van der Waals surface area contributed by atoms with Crippen LogP contribution in [0.5, 0.6) is 5.75 Å². The van der Waals surface area contributed by atoms with Crippen LogP contribution in [0.2, 0.25) is 0 Å². The molecule has 1 N–H and O–H groups in total. The average molecular weight is 370 g/mol. The lowest BCUT2D eigenvalue weighted by Gasteiger charge is -2.21. The van der Waals surface area contributed by atoms with E-state index < -0.39 is 0 Å². The molecule has 4 rings (SSSR count). The van der Waals surface area contributed by atoms with Crippen LogP contribution < -0.4 is 10.2 Å². The molecule has 0 atom stereocenters. The molecule has 1 aromatic carbocycles. The summed E-state index contributed by atoms with van der Waals surface area (Å²) < 4.78 is 5.63. The van der Waals surface area contributed by atoms with Crippen molar-refractivity contribution in [2.24, 2.45) is 9.98 Å². The Hall–Kier alpha value is -2.52. The predicted octanol–water partition coefficient (Wildman–Crippen LogP) is 3.04. The number of ether oxygens (including phenoxy) is 1. The minimum Gasteiger partial charge on any atom is -0.461 e. The van der Waals surface area contributed by atoms with Gasteiger partial charge in [-0.15, -0.1) is 11.8 Å². The van der Waals surface area contributed by atoms with E-state index in [0.717, 1.165) is 16.3 Å². The Morgan fingerprint density at radius 1 is 1.12 bits per heavy atom. The molecule has 0 saturated carbocycles. The summed E-state index contributed by atoms with van der Waals surface area (Å²) in [6.45, 7) is 0. The molecule has 25 heavy (non-hydrogen) atoms. The molecule has 2 aliphatic heterocycles. The first-order valence-electron chi connectivity index (χ1n) is 7.39. The van der Waals surface area contributed by atoms with E-state index in [4.69, 9.17) is 4.74 Å². The summed E-state index contributed by atoms with van der Waals surface area (Å²) in [5.41, 5.74) is 3.95. The first-order valence-corrected chi connectivity index (χ1v) is 9.84. The van der Waals surface area contributed by atoms with Gasteiger partial charge in [0.2, 0.25) is 0 Å². The van der Waals surface area contributed by atoms with Gasteiger partial charge < -0.3 is 4.74 Å². The van der Waals surface area contributed by atoms with Crippen LogP contribution in [0.25, 0.3) is 0 Å². The summed E-state index contributed by atoms with van der Waals surface area (Å²) in [6.07, 6.45) is 7.16. The monoisotopic (exact) mass is 370 g/mol. The zero-order valence-corrected chi connectivity index (χ0v) is 15.1. The average Bonchev–Trinajstić information content (AvgIpc) is 3.09. The number of rotatable bonds is 4. The summed E-state index contributed by atoms with van der Waals surface area (Å²) in [4.78, 5) is 18.1. The Balaban J connectivity index is 1.68. The number of aliphatic imine (C=N–C) groups is 2. The first kappa shape index (κ1) is 16.0. The zero-order valence-electron chi connectivity index (χ0n) is 13.5. The van der Waals surface area contributed by atoms with Crippen LogP contribution >= 0.6 is 23.5 Å². The number of hydrazine groups is 1. The molecule has 7 nitrogen and oxygen atoms in total. The highest BCUT2D eigenvalue weighted by atomic mass is 32.2. The molecule has 0 saturated heterocycles. The number of para-hydroxylation sites is 1. The third-order valence-corrected chi connectivity index (χ3v) is 4.70. The normalized spacial score (nSPS) is 16.3. The van der Waals surface area contributed by atoms with Gasteiger partial charge in [-0.25, -0.2) is 25.0 Å². The molecule has 0 fully saturated rings. The van der Waals surface area contributed by atoms with Gasteiger partial charge in [-0.05, 0) is 24.6 Å². The number of hydrogen-bond donors (Lipinski definition) is 1. The molecule has 0 spiro atoms. The fourth-order valence-electron chi connectivity index (χ4n) is 2.36. The van der Waals surface area contributed by atoms with Crippen molar-refractivity contribution in [1.82, 2.24) is 20.4 Å². The minimum atomic E-state index is 0.583. The van der Waals surface area contributed by atoms with E-state index in [2.05, 4.69) is 25.4 Å². The number of amidine groups is 1. The molecule has 0 aliphatic carbocycles. The highest BCUT2D eigenvalue weighted by Gasteiger charge is 2.30. The van der Waals surface area contributed by atoms with Crippen LogP contribution in [0.15, 0.2) is 62.6 Å². The van der Waals surface area contributed by atoms with Crippen LogP contribution in [0.4, 0.5) is 5.82 Å². The molecular formula is C16H14N6OS2. The quantitative estimate of drug-likeness (QED) is 0.384. The van der Waals surface area contributed by atoms with Crippen LogP contribution in [0.1, 0.15) is 5.56 Å². The molecule has 3 heterocycles. The molecule has 2 aromatic rings. The summed E-state index contributed by atoms with van der Waals surface area (Å²) in [5.74, 6) is 2.67. The molecule has 9 heteroatoms. The van der Waals surface area contributed by atoms with E-state index in [0.29, 0.717) is 22.6 Å². The summed E-state index contributed by atoms with van der Waals surface area (Å²) in [6, 6.07) is 9.53. The predicted molar refractivity (Wildman–Crippen MR) is 100 cm³/mol. The lowest BCUT2D eigenvalue weighted by molar-refractivity contribution is 0.455. The second kappa shape index (κ2) is 6.77. The second-order valence-electron chi connectivity index (χ2n) is 5.01. The van der Waals surface area contributed by atoms with Crippen LogP contribution in [0, 0.1) is 0 Å². The fraction of sp³-hybridized carbons (Fsp3) is 0.125. The lowest BCUT2D eigenvalue weighted by Crippen LogP contribution is -2.38. The molecule has 0 unspecified atom stereocenters. The van der Waals surface area contributed by atoms with Gasteiger partial charge in [0, 0.05) is 0 Å². The fourth-order valence-corrected chi connectivity index (χ4v) is 3.34. The summed E-state index contributed by atoms with van der Waals surface area (Å²) in [7, 11) is 0. The van der Waals surface area contributed by atoms with Gasteiger partial charge in [0.15, 0.2) is 22.6 Å². The van der Waals surface area contributed by atoms with Crippen molar-refractivity contribution in [2.75, 3.05) is 12.5 Å². The molecule has 126 valence electrons. The number of fused-ring (bicyclic) bond motifs is 3. The van der Waals surface area contributed by atoms with Gasteiger partial charge in [-0.1, -0.05) is 30.0 Å². The number of nitrogens with one attached hydrogen (secondary N) is 1. The molecule has 0 bridgehead atoms. The van der Waals surface area contributed by atoms with Crippen molar-refractivity contribution >= 4 is 41.5 Å². The van der Waals surface area contributed by atoms with Crippen LogP contribution in [-0.2, 0) is 0 Å². The lowest BCUT2D eigenvalue weighted by atomic mass is 10.2. The number of thioether (sulfide) groups is 2. The Bertz CT molecular complexity index is 897. The SMILES string of the molecule is CSc1nc2c(c(SC)n1)C1=NC(=COc3ccccc3)NN1C=N2. The Morgan fingerprint density at radius 3 is 2.72 bits per heavy atom. The van der Waals surface area contributed by atoms with Gasteiger partial charge in [-0.2, -0.15) is 0 Å². The standard InChI is InChI=1S/C16H14N6OS2/c1-24-15-12-13(19-16(20-15)25-2)17-9-22-14(12)18-11(21-22)8-23-10-6-4-3-5-7-10/h3-9,21H,1-2H3. The van der Waals surface area contributed by atoms with E-state index in [-0.39, 0.29) is 0 Å². The van der Waals surface area contributed by atoms with Crippen LogP contribution in [0.3, 0.4) is 0 Å². The Labute approximate surface area is 153 Å². The minimum absolute atomic E-state index is 0.583. The second-order valence-corrected chi connectivity index (χ2v) is 6.58. The third kappa shape index (κ3) is 3.08. The maximum absolute atomic E-state index is 5.63. The maximum atomic E-state index is 5.63. The molecule has 2 aliphatic rings. The molecule has 1 aromatic heterocycles. The highest BCUT2D eigenvalue weighted by molar-refractivity contribution is 7.99. The van der Waals surface area contributed by atoms with Crippen molar-refractivity contribution < 1.29 is 4.74 Å². The summed E-state index contributed by atoms with van der Waals surface area (Å²) >= 11 is 3.04. The van der Waals surface area contributed by atoms with Gasteiger partial charge >= 0.3 is 0 Å². The van der Waals surface area contributed by atoms with Crippen LogP contribution in [-0.4, -0.2) is 39.7 Å². The molecule has 0 amide bonds. The smallest absolute Gasteiger partial charge is 0.190 e. The van der Waals surface area contributed by atoms with E-state index in [1.165, 1.54) is 11.8 Å². The highest BCUT2D eigenvalue weighted by Crippen LogP contribution is 2.33. The van der Waals surface area contributed by atoms with E-state index in [9.17, 15) is 0 Å². The van der Waals surface area contributed by atoms with E-state index >= 15 is 0 Å². The van der Waals surface area contributed by atoms with Gasteiger partial charge in [0.05, 0.1) is 5.56 Å². The largest absolute Gasteiger partial charge is 0.461 e. The van der Waals surface area contributed by atoms with E-state index in [1.54, 1.807) is 29.4 Å². The van der Waals surface area contributed by atoms with Crippen molar-refractivity contribution in [3.63, 3.8) is 0 Å². The Kier molecular flexibility index (Phi) is 4.33. The first-order chi connectivity index (χ1) is 12.3. The number of benzene rings is 1. The number of hydrogen-bond acceptors (Lipinski definition) is 9. The van der Waals surface area contributed by atoms with E-state index in [1.807, 2.05) is 42.8 Å². The summed E-state index contributed by atoms with van der Waals surface area (Å²) in [5, 5.41) is 3.29. The zero-order chi connectivity index (χ0) is 17.2. The third-order valence-electron chi connectivity index (χ3n) is 3.47. The number of nitrogens with zero attached hydrogens (tertiary/aromatic N) is 5.